The molecule has 2 aromatic carbocycles. The van der Waals surface area contributed by atoms with E-state index in [4.69, 9.17) is 4.74 Å². The fourth-order valence-corrected chi connectivity index (χ4v) is 3.80. The summed E-state index contributed by atoms with van der Waals surface area (Å²) in [6.07, 6.45) is 1.73. The van der Waals surface area contributed by atoms with Gasteiger partial charge in [-0.25, -0.2) is 4.98 Å². The number of hydrogen-bond acceptors (Lipinski definition) is 5. The maximum Gasteiger partial charge on any atom is 0.136 e. The van der Waals surface area contributed by atoms with Gasteiger partial charge in [-0.2, -0.15) is 5.26 Å². The predicted molar refractivity (Wildman–Crippen MR) is 112 cm³/mol. The van der Waals surface area contributed by atoms with Gasteiger partial charge in [-0.15, -0.1) is 11.3 Å². The number of nitriles is 1. The van der Waals surface area contributed by atoms with E-state index >= 15 is 0 Å². The van der Waals surface area contributed by atoms with Gasteiger partial charge in [-0.1, -0.05) is 29.8 Å². The molecule has 0 unspecified atom stereocenters. The van der Waals surface area contributed by atoms with Crippen molar-refractivity contribution in [1.29, 1.82) is 5.26 Å². The smallest absolute Gasteiger partial charge is 0.136 e. The van der Waals surface area contributed by atoms with Crippen LogP contribution in [0.5, 0.6) is 5.75 Å². The first-order chi connectivity index (χ1) is 13.0. The van der Waals surface area contributed by atoms with Crippen LogP contribution in [0.15, 0.2) is 48.0 Å². The molecule has 136 valence electrons. The van der Waals surface area contributed by atoms with Gasteiger partial charge in [0.25, 0.3) is 0 Å². The van der Waals surface area contributed by atoms with Gasteiger partial charge in [0, 0.05) is 22.8 Å². The first-order valence-electron chi connectivity index (χ1n) is 8.57. The van der Waals surface area contributed by atoms with Crippen LogP contribution in [0, 0.1) is 32.1 Å². The van der Waals surface area contributed by atoms with Crippen LogP contribution in [0.25, 0.3) is 16.8 Å². The Balaban J connectivity index is 1.88. The molecule has 0 aliphatic heterocycles. The van der Waals surface area contributed by atoms with E-state index in [1.165, 1.54) is 16.9 Å². The molecule has 0 saturated heterocycles. The van der Waals surface area contributed by atoms with Gasteiger partial charge in [0.05, 0.1) is 12.8 Å². The average Bonchev–Trinajstić information content (AvgIpc) is 3.14. The van der Waals surface area contributed by atoms with Crippen LogP contribution in [0.3, 0.4) is 0 Å². The SMILES string of the molecule is COc1cccc(-c2csc(C(C#N)=CNc3c(C)cc(C)cc3C)n2)c1. The zero-order valence-electron chi connectivity index (χ0n) is 15.8. The molecule has 0 atom stereocenters. The molecule has 0 fully saturated rings. The fourth-order valence-electron chi connectivity index (χ4n) is 3.01. The van der Waals surface area contributed by atoms with Crippen molar-refractivity contribution in [3.8, 4) is 23.1 Å². The molecule has 1 heterocycles. The third-order valence-corrected chi connectivity index (χ3v) is 5.13. The fraction of sp³-hybridized carbons (Fsp3) is 0.182. The van der Waals surface area contributed by atoms with Crippen molar-refractivity contribution in [2.45, 2.75) is 20.8 Å². The molecule has 4 nitrogen and oxygen atoms in total. The number of anilines is 1. The third-order valence-electron chi connectivity index (χ3n) is 4.26. The predicted octanol–water partition coefficient (Wildman–Crippen LogP) is 5.72. The van der Waals surface area contributed by atoms with Crippen LogP contribution in [-0.4, -0.2) is 12.1 Å². The molecule has 27 heavy (non-hydrogen) atoms. The van der Waals surface area contributed by atoms with Gasteiger partial charge in [-0.05, 0) is 44.0 Å². The van der Waals surface area contributed by atoms with Crippen LogP contribution in [-0.2, 0) is 0 Å². The third kappa shape index (κ3) is 4.18. The number of ether oxygens (including phenoxy) is 1. The molecule has 0 spiro atoms. The molecule has 0 bridgehead atoms. The summed E-state index contributed by atoms with van der Waals surface area (Å²) in [5.74, 6) is 0.782. The Hall–Kier alpha value is -3.10. The molecule has 0 aliphatic rings. The number of aryl methyl sites for hydroxylation is 3. The summed E-state index contributed by atoms with van der Waals surface area (Å²) in [5, 5.41) is 15.5. The standard InChI is InChI=1S/C22H21N3OS/c1-14-8-15(2)21(16(3)9-14)24-12-18(11-23)22-25-20(13-27-22)17-6-5-7-19(10-17)26-4/h5-10,12-13,24H,1-4H3. The van der Waals surface area contributed by atoms with E-state index in [9.17, 15) is 5.26 Å². The molecule has 0 radical (unpaired) electrons. The van der Waals surface area contributed by atoms with Crippen LogP contribution >= 0.6 is 11.3 Å². The topological polar surface area (TPSA) is 57.9 Å². The van der Waals surface area contributed by atoms with Gasteiger partial charge in [0.2, 0.25) is 0 Å². The number of rotatable bonds is 5. The summed E-state index contributed by atoms with van der Waals surface area (Å²) in [6, 6.07) is 14.2. The molecule has 0 amide bonds. The van der Waals surface area contributed by atoms with Crippen LogP contribution in [0.2, 0.25) is 0 Å². The normalized spacial score (nSPS) is 11.1. The first kappa shape index (κ1) is 18.7. The van der Waals surface area contributed by atoms with E-state index in [0.717, 1.165) is 33.8 Å². The van der Waals surface area contributed by atoms with E-state index in [1.54, 1.807) is 13.3 Å². The van der Waals surface area contributed by atoms with Crippen LogP contribution in [0.4, 0.5) is 5.69 Å². The minimum atomic E-state index is 0.508. The molecular weight excluding hydrogens is 354 g/mol. The minimum Gasteiger partial charge on any atom is -0.497 e. The van der Waals surface area contributed by atoms with E-state index in [0.29, 0.717) is 10.6 Å². The Morgan fingerprint density at radius 2 is 1.93 bits per heavy atom. The second-order valence-corrected chi connectivity index (χ2v) is 7.22. The quantitative estimate of drug-likeness (QED) is 0.579. The maximum atomic E-state index is 9.59. The highest BCUT2D eigenvalue weighted by Gasteiger charge is 2.10. The van der Waals surface area contributed by atoms with Crippen molar-refractivity contribution in [1.82, 2.24) is 4.98 Å². The van der Waals surface area contributed by atoms with Crippen molar-refractivity contribution in [2.75, 3.05) is 12.4 Å². The number of hydrogen-bond donors (Lipinski definition) is 1. The monoisotopic (exact) mass is 375 g/mol. The molecule has 0 saturated carbocycles. The molecular formula is C22H21N3OS. The average molecular weight is 375 g/mol. The van der Waals surface area contributed by atoms with E-state index in [1.807, 2.05) is 29.6 Å². The highest BCUT2D eigenvalue weighted by Crippen LogP contribution is 2.29. The maximum absolute atomic E-state index is 9.59. The molecule has 3 aromatic rings. The zero-order chi connectivity index (χ0) is 19.4. The van der Waals surface area contributed by atoms with Crippen molar-refractivity contribution in [2.24, 2.45) is 0 Å². The number of nitrogens with zero attached hydrogens (tertiary/aromatic N) is 2. The van der Waals surface area contributed by atoms with Crippen LogP contribution in [0.1, 0.15) is 21.7 Å². The van der Waals surface area contributed by atoms with Gasteiger partial charge < -0.3 is 10.1 Å². The zero-order valence-corrected chi connectivity index (χ0v) is 16.6. The summed E-state index contributed by atoms with van der Waals surface area (Å²) in [4.78, 5) is 4.63. The lowest BCUT2D eigenvalue weighted by Gasteiger charge is -2.11. The summed E-state index contributed by atoms with van der Waals surface area (Å²) < 4.78 is 5.27. The van der Waals surface area contributed by atoms with E-state index < -0.39 is 0 Å². The number of methoxy groups -OCH3 is 1. The Kier molecular flexibility index (Phi) is 5.58. The second kappa shape index (κ2) is 8.07. The number of benzene rings is 2. The van der Waals surface area contributed by atoms with Gasteiger partial charge >= 0.3 is 0 Å². The van der Waals surface area contributed by atoms with Crippen LogP contribution < -0.4 is 10.1 Å². The molecule has 3 rings (SSSR count). The summed E-state index contributed by atoms with van der Waals surface area (Å²) in [6.45, 7) is 6.20. The number of thiazole rings is 1. The van der Waals surface area contributed by atoms with Gasteiger partial charge in [0.15, 0.2) is 0 Å². The lowest BCUT2D eigenvalue weighted by atomic mass is 10.1. The number of allylic oxidation sites excluding steroid dienone is 1. The van der Waals surface area contributed by atoms with Crippen molar-refractivity contribution in [3.63, 3.8) is 0 Å². The molecule has 0 aliphatic carbocycles. The van der Waals surface area contributed by atoms with Gasteiger partial charge in [0.1, 0.15) is 22.4 Å². The number of nitrogens with one attached hydrogen (secondary N) is 1. The Morgan fingerprint density at radius 3 is 2.59 bits per heavy atom. The highest BCUT2D eigenvalue weighted by atomic mass is 32.1. The lowest BCUT2D eigenvalue weighted by molar-refractivity contribution is 0.415. The van der Waals surface area contributed by atoms with Crippen molar-refractivity contribution < 1.29 is 4.74 Å². The molecule has 5 heteroatoms. The minimum absolute atomic E-state index is 0.508. The summed E-state index contributed by atoms with van der Waals surface area (Å²) in [7, 11) is 1.64. The largest absolute Gasteiger partial charge is 0.497 e. The first-order valence-corrected chi connectivity index (χ1v) is 9.44. The van der Waals surface area contributed by atoms with Crippen molar-refractivity contribution in [3.05, 3.63) is 69.7 Å². The Bertz CT molecular complexity index is 1020. The van der Waals surface area contributed by atoms with E-state index in [-0.39, 0.29) is 0 Å². The van der Waals surface area contributed by atoms with Gasteiger partial charge in [-0.3, -0.25) is 0 Å². The highest BCUT2D eigenvalue weighted by molar-refractivity contribution is 7.11. The van der Waals surface area contributed by atoms with E-state index in [2.05, 4.69) is 49.3 Å². The molecule has 1 N–H and O–H groups in total. The Morgan fingerprint density at radius 1 is 1.19 bits per heavy atom. The Labute approximate surface area is 163 Å². The second-order valence-electron chi connectivity index (χ2n) is 6.36. The lowest BCUT2D eigenvalue weighted by Crippen LogP contribution is -1.97. The van der Waals surface area contributed by atoms with Crippen molar-refractivity contribution >= 4 is 22.6 Å². The summed E-state index contributed by atoms with van der Waals surface area (Å²) in [5.41, 5.74) is 6.86. The number of aromatic nitrogens is 1. The molecule has 1 aromatic heterocycles. The summed E-state index contributed by atoms with van der Waals surface area (Å²) >= 11 is 1.45.